The molecule has 0 amide bonds. The number of fused-ring (bicyclic) bond motifs is 2. The number of hydrogen-bond donors (Lipinski definition) is 0. The maximum absolute atomic E-state index is 2.31. The van der Waals surface area contributed by atoms with E-state index >= 15 is 0 Å². The number of rotatable bonds is 5. The number of aromatic nitrogens is 2. The summed E-state index contributed by atoms with van der Waals surface area (Å²) in [5.41, 5.74) is 7.61. The van der Waals surface area contributed by atoms with E-state index in [-0.39, 0.29) is 0 Å². The Bertz CT molecular complexity index is 1450. The minimum atomic E-state index is 0.864. The summed E-state index contributed by atoms with van der Waals surface area (Å²) >= 11 is 0. The van der Waals surface area contributed by atoms with Crippen LogP contribution < -0.4 is 9.13 Å². The second-order valence-corrected chi connectivity index (χ2v) is 8.78. The van der Waals surface area contributed by atoms with E-state index in [4.69, 9.17) is 0 Å². The van der Waals surface area contributed by atoms with Crippen molar-refractivity contribution >= 4 is 21.8 Å². The first-order chi connectivity index (χ1) is 16.8. The fourth-order valence-electron chi connectivity index (χ4n) is 4.72. The molecule has 2 heteroatoms. The van der Waals surface area contributed by atoms with Crippen molar-refractivity contribution in [2.75, 3.05) is 0 Å². The van der Waals surface area contributed by atoms with Gasteiger partial charge in [0.1, 0.15) is 0 Å². The van der Waals surface area contributed by atoms with Crippen LogP contribution >= 0.6 is 0 Å². The van der Waals surface area contributed by atoms with Crippen LogP contribution in [0.25, 0.3) is 32.9 Å². The lowest BCUT2D eigenvalue weighted by atomic mass is 10.0. The van der Waals surface area contributed by atoms with Gasteiger partial charge in [-0.15, -0.1) is 0 Å². The molecular weight excluding hydrogens is 412 g/mol. The molecule has 4 aromatic carbocycles. The van der Waals surface area contributed by atoms with Crippen molar-refractivity contribution in [3.05, 3.63) is 145 Å². The normalized spacial score (nSPS) is 11.2. The maximum atomic E-state index is 2.31. The molecule has 34 heavy (non-hydrogen) atoms. The fraction of sp³-hybridized carbons (Fsp3) is 0.0625. The topological polar surface area (TPSA) is 7.76 Å². The molecule has 0 N–H and O–H groups in total. The molecule has 162 valence electrons. The second-order valence-electron chi connectivity index (χ2n) is 8.78. The molecule has 0 aliphatic rings. The highest BCUT2D eigenvalue weighted by Gasteiger charge is 2.10. The summed E-state index contributed by atoms with van der Waals surface area (Å²) in [6.45, 7) is 1.73. The van der Waals surface area contributed by atoms with Crippen molar-refractivity contribution < 1.29 is 9.13 Å². The highest BCUT2D eigenvalue weighted by molar-refractivity contribution is 5.75. The predicted molar refractivity (Wildman–Crippen MR) is 138 cm³/mol. The highest BCUT2D eigenvalue weighted by Crippen LogP contribution is 2.21. The van der Waals surface area contributed by atoms with E-state index in [0.717, 1.165) is 13.1 Å². The smallest absolute Gasteiger partial charge is 0.194 e. The maximum Gasteiger partial charge on any atom is 0.212 e. The Labute approximate surface area is 200 Å². The van der Waals surface area contributed by atoms with Crippen molar-refractivity contribution in [1.82, 2.24) is 0 Å². The molecule has 0 atom stereocenters. The third-order valence-electron chi connectivity index (χ3n) is 6.52. The molecule has 0 unspecified atom stereocenters. The molecule has 6 rings (SSSR count). The molecular formula is C32H26N2+2. The molecule has 2 aromatic heterocycles. The molecule has 2 nitrogen and oxygen atoms in total. The molecule has 0 saturated heterocycles. The van der Waals surface area contributed by atoms with Gasteiger partial charge in [0.2, 0.25) is 11.0 Å². The summed E-state index contributed by atoms with van der Waals surface area (Å²) in [5, 5.41) is 2.53. The zero-order valence-corrected chi connectivity index (χ0v) is 19.0. The molecule has 0 spiro atoms. The van der Waals surface area contributed by atoms with E-state index in [1.807, 2.05) is 0 Å². The molecule has 0 radical (unpaired) electrons. The third-order valence-corrected chi connectivity index (χ3v) is 6.52. The van der Waals surface area contributed by atoms with Gasteiger partial charge in [-0.1, -0.05) is 72.8 Å². The van der Waals surface area contributed by atoms with Crippen molar-refractivity contribution in [1.29, 1.82) is 0 Å². The molecule has 6 aromatic rings. The average Bonchev–Trinajstić information content (AvgIpc) is 2.90. The molecule has 0 aliphatic heterocycles. The number of benzene rings is 4. The van der Waals surface area contributed by atoms with Crippen molar-refractivity contribution in [3.8, 4) is 11.1 Å². The summed E-state index contributed by atoms with van der Waals surface area (Å²) in [5.74, 6) is 0. The summed E-state index contributed by atoms with van der Waals surface area (Å²) in [6, 6.07) is 43.5. The molecule has 0 bridgehead atoms. The van der Waals surface area contributed by atoms with Gasteiger partial charge in [-0.25, -0.2) is 0 Å². The van der Waals surface area contributed by atoms with Gasteiger partial charge < -0.3 is 0 Å². The largest absolute Gasteiger partial charge is 0.212 e. The second kappa shape index (κ2) is 8.92. The average molecular weight is 439 g/mol. The van der Waals surface area contributed by atoms with Crippen LogP contribution in [0.3, 0.4) is 0 Å². The van der Waals surface area contributed by atoms with Gasteiger partial charge in [0.25, 0.3) is 0 Å². The van der Waals surface area contributed by atoms with Crippen LogP contribution in [0.5, 0.6) is 0 Å². The predicted octanol–water partition coefficient (Wildman–Crippen LogP) is 6.33. The van der Waals surface area contributed by atoms with Crippen molar-refractivity contribution in [3.63, 3.8) is 0 Å². The SMILES string of the molecule is c1ccc2c(c1)ccc[n+]2Cc1ccc(-c2ccc(C[n+]3cccc4ccccc43)cc2)cc1. The monoisotopic (exact) mass is 438 g/mol. The number of para-hydroxylation sites is 2. The van der Waals surface area contributed by atoms with Gasteiger partial charge >= 0.3 is 0 Å². The third kappa shape index (κ3) is 4.06. The Morgan fingerprint density at radius 3 is 1.21 bits per heavy atom. The Kier molecular flexibility index (Phi) is 5.33. The Morgan fingerprint density at radius 1 is 0.382 bits per heavy atom. The van der Waals surface area contributed by atoms with E-state index in [0.29, 0.717) is 0 Å². The van der Waals surface area contributed by atoms with Gasteiger partial charge in [-0.3, -0.25) is 0 Å². The van der Waals surface area contributed by atoms with Crippen LogP contribution in [0.15, 0.2) is 134 Å². The van der Waals surface area contributed by atoms with Crippen LogP contribution in [0.4, 0.5) is 0 Å². The summed E-state index contributed by atoms with van der Waals surface area (Å²) < 4.78 is 4.62. The Morgan fingerprint density at radius 2 is 0.765 bits per heavy atom. The molecule has 0 aliphatic carbocycles. The lowest BCUT2D eigenvalue weighted by Crippen LogP contribution is -2.34. The van der Waals surface area contributed by atoms with E-state index in [1.165, 1.54) is 44.1 Å². The zero-order chi connectivity index (χ0) is 22.7. The number of hydrogen-bond acceptors (Lipinski definition) is 0. The first kappa shape index (κ1) is 20.3. The van der Waals surface area contributed by atoms with Crippen LogP contribution in [-0.4, -0.2) is 0 Å². The first-order valence-corrected chi connectivity index (χ1v) is 11.8. The van der Waals surface area contributed by atoms with Gasteiger partial charge in [-0.2, -0.15) is 9.13 Å². The summed E-state index contributed by atoms with van der Waals surface area (Å²) in [7, 11) is 0. The minimum absolute atomic E-state index is 0.864. The van der Waals surface area contributed by atoms with Crippen LogP contribution in [-0.2, 0) is 13.1 Å². The van der Waals surface area contributed by atoms with Crippen LogP contribution in [0.2, 0.25) is 0 Å². The van der Waals surface area contributed by atoms with Gasteiger partial charge in [0.15, 0.2) is 25.5 Å². The lowest BCUT2D eigenvalue weighted by molar-refractivity contribution is -0.662. The van der Waals surface area contributed by atoms with Crippen LogP contribution in [0, 0.1) is 0 Å². The van der Waals surface area contributed by atoms with E-state index < -0.39 is 0 Å². The van der Waals surface area contributed by atoms with E-state index in [2.05, 4.69) is 143 Å². The Hall–Kier alpha value is -4.30. The summed E-state index contributed by atoms with van der Waals surface area (Å²) in [4.78, 5) is 0. The Balaban J connectivity index is 1.20. The molecule has 0 fully saturated rings. The quantitative estimate of drug-likeness (QED) is 0.278. The van der Waals surface area contributed by atoms with E-state index in [1.54, 1.807) is 0 Å². The number of pyridine rings is 2. The highest BCUT2D eigenvalue weighted by atomic mass is 14.9. The fourth-order valence-corrected chi connectivity index (χ4v) is 4.72. The molecule has 2 heterocycles. The zero-order valence-electron chi connectivity index (χ0n) is 19.0. The minimum Gasteiger partial charge on any atom is -0.194 e. The standard InChI is InChI=1S/C32H26N2/c1-3-11-31-29(7-1)9-5-21-33(31)23-25-13-17-27(18-14-25)28-19-15-26(16-20-28)24-34-22-6-10-30-8-2-4-12-32(30)34/h1-22H,23-24H2/q+2. The van der Waals surface area contributed by atoms with Crippen LogP contribution in [0.1, 0.15) is 11.1 Å². The lowest BCUT2D eigenvalue weighted by Gasteiger charge is -2.06. The van der Waals surface area contributed by atoms with Crippen molar-refractivity contribution in [2.45, 2.75) is 13.1 Å². The van der Waals surface area contributed by atoms with Crippen molar-refractivity contribution in [2.24, 2.45) is 0 Å². The first-order valence-electron chi connectivity index (χ1n) is 11.8. The van der Waals surface area contributed by atoms with Gasteiger partial charge in [0, 0.05) is 46.2 Å². The van der Waals surface area contributed by atoms with Gasteiger partial charge in [-0.05, 0) is 35.4 Å². The number of nitrogens with zero attached hydrogens (tertiary/aromatic N) is 2. The summed E-state index contributed by atoms with van der Waals surface area (Å²) in [6.07, 6.45) is 4.31. The van der Waals surface area contributed by atoms with Gasteiger partial charge in [0.05, 0.1) is 0 Å². The van der Waals surface area contributed by atoms with E-state index in [9.17, 15) is 0 Å². The molecule has 0 saturated carbocycles.